The first-order valence-corrected chi connectivity index (χ1v) is 7.68. The third-order valence-electron chi connectivity index (χ3n) is 2.73. The number of rotatable bonds is 4. The Morgan fingerprint density at radius 1 is 1.09 bits per heavy atom. The van der Waals surface area contributed by atoms with Gasteiger partial charge in [0, 0.05) is 0 Å². The average Bonchev–Trinajstić information content (AvgIpc) is 2.56. The molecule has 22 heavy (non-hydrogen) atoms. The van der Waals surface area contributed by atoms with Gasteiger partial charge in [-0.2, -0.15) is 5.26 Å². The largest absolute Gasteiger partial charge is 0.493 e. The molecule has 0 saturated carbocycles. The molecule has 0 unspecified atom stereocenters. The van der Waals surface area contributed by atoms with Gasteiger partial charge in [-0.1, -0.05) is 36.0 Å². The zero-order valence-electron chi connectivity index (χ0n) is 12.2. The number of hydrogen-bond acceptors (Lipinski definition) is 5. The van der Waals surface area contributed by atoms with E-state index in [-0.39, 0.29) is 0 Å². The number of hydrogen-bond donors (Lipinski definition) is 1. The molecule has 112 valence electrons. The van der Waals surface area contributed by atoms with E-state index in [4.69, 9.17) is 14.7 Å². The van der Waals surface area contributed by atoms with Gasteiger partial charge in [-0.25, -0.2) is 4.99 Å². The molecule has 0 atom stereocenters. The Balaban J connectivity index is 2.35. The number of nitriles is 1. The maximum atomic E-state index is 8.72. The second kappa shape index (κ2) is 7.96. The highest BCUT2D eigenvalue weighted by atomic mass is 32.2. The predicted octanol–water partition coefficient (Wildman–Crippen LogP) is 3.91. The van der Waals surface area contributed by atoms with Crippen molar-refractivity contribution in [2.24, 2.45) is 4.99 Å². The van der Waals surface area contributed by atoms with E-state index >= 15 is 0 Å². The van der Waals surface area contributed by atoms with Gasteiger partial charge in [0.1, 0.15) is 5.69 Å². The number of methoxy groups -OCH3 is 1. The minimum atomic E-state index is 0.499. The molecule has 2 aromatic carbocycles. The number of para-hydroxylation sites is 4. The van der Waals surface area contributed by atoms with E-state index in [1.54, 1.807) is 7.11 Å². The zero-order valence-corrected chi connectivity index (χ0v) is 13.1. The molecule has 0 aliphatic rings. The van der Waals surface area contributed by atoms with E-state index in [1.165, 1.54) is 11.8 Å². The van der Waals surface area contributed by atoms with Gasteiger partial charge in [-0.3, -0.25) is 5.32 Å². The van der Waals surface area contributed by atoms with E-state index in [0.29, 0.717) is 28.1 Å². The molecule has 0 saturated heterocycles. The normalized spacial score (nSPS) is 10.7. The summed E-state index contributed by atoms with van der Waals surface area (Å²) < 4.78 is 11.2. The second-order valence-electron chi connectivity index (χ2n) is 4.08. The zero-order chi connectivity index (χ0) is 15.8. The summed E-state index contributed by atoms with van der Waals surface area (Å²) in [4.78, 5) is 4.40. The van der Waals surface area contributed by atoms with E-state index in [2.05, 4.69) is 10.3 Å². The van der Waals surface area contributed by atoms with Gasteiger partial charge in [0.15, 0.2) is 28.6 Å². The molecule has 5 nitrogen and oxygen atoms in total. The van der Waals surface area contributed by atoms with Crippen LogP contribution in [0.4, 0.5) is 5.69 Å². The molecule has 0 spiro atoms. The number of amidine groups is 1. The Morgan fingerprint density at radius 2 is 1.73 bits per heavy atom. The minimum Gasteiger partial charge on any atom is -0.493 e. The molecular weight excluding hydrogens is 298 g/mol. The van der Waals surface area contributed by atoms with Gasteiger partial charge in [-0.15, -0.1) is 0 Å². The molecule has 1 N–H and O–H groups in total. The number of nitrogens with zero attached hydrogens (tertiary/aromatic N) is 2. The van der Waals surface area contributed by atoms with Crippen LogP contribution in [0.15, 0.2) is 53.5 Å². The Labute approximate surface area is 133 Å². The Hall–Kier alpha value is -2.65. The molecule has 0 radical (unpaired) electrons. The highest BCUT2D eigenvalue weighted by Crippen LogP contribution is 2.36. The summed E-state index contributed by atoms with van der Waals surface area (Å²) in [5, 5.41) is 11.7. The van der Waals surface area contributed by atoms with Crippen LogP contribution >= 0.6 is 11.8 Å². The number of thioether (sulfide) groups is 1. The van der Waals surface area contributed by atoms with Crippen LogP contribution in [-0.4, -0.2) is 18.5 Å². The van der Waals surface area contributed by atoms with E-state index < -0.39 is 0 Å². The van der Waals surface area contributed by atoms with Crippen LogP contribution in [0.1, 0.15) is 0 Å². The molecule has 0 aliphatic heterocycles. The lowest BCUT2D eigenvalue weighted by Crippen LogP contribution is -2.12. The third kappa shape index (κ3) is 3.93. The van der Waals surface area contributed by atoms with Crippen molar-refractivity contribution in [3.63, 3.8) is 0 Å². The van der Waals surface area contributed by atoms with Crippen LogP contribution < -0.4 is 14.8 Å². The van der Waals surface area contributed by atoms with Crippen molar-refractivity contribution >= 4 is 22.6 Å². The van der Waals surface area contributed by atoms with Crippen LogP contribution in [0, 0.1) is 11.5 Å². The molecule has 0 bridgehead atoms. The van der Waals surface area contributed by atoms with Gasteiger partial charge in [0.25, 0.3) is 0 Å². The Kier molecular flexibility index (Phi) is 5.69. The maximum absolute atomic E-state index is 8.72. The van der Waals surface area contributed by atoms with Crippen molar-refractivity contribution in [1.29, 1.82) is 5.26 Å². The molecular formula is C16H15N3O2S. The fourth-order valence-electron chi connectivity index (χ4n) is 1.74. The molecule has 0 aromatic heterocycles. The van der Waals surface area contributed by atoms with Gasteiger partial charge in [0.05, 0.1) is 7.11 Å². The number of aliphatic imine (C=N–C) groups is 1. The topological polar surface area (TPSA) is 66.6 Å². The average molecular weight is 313 g/mol. The van der Waals surface area contributed by atoms with Crippen LogP contribution in [0.25, 0.3) is 0 Å². The monoisotopic (exact) mass is 313 g/mol. The molecule has 6 heteroatoms. The third-order valence-corrected chi connectivity index (χ3v) is 3.31. The van der Waals surface area contributed by atoms with Crippen molar-refractivity contribution < 1.29 is 9.47 Å². The van der Waals surface area contributed by atoms with Gasteiger partial charge < -0.3 is 9.47 Å². The van der Waals surface area contributed by atoms with Gasteiger partial charge in [-0.05, 0) is 30.5 Å². The van der Waals surface area contributed by atoms with Gasteiger partial charge >= 0.3 is 0 Å². The molecule has 2 rings (SSSR count). The number of nitrogens with one attached hydrogen (secondary N) is 1. The predicted molar refractivity (Wildman–Crippen MR) is 88.9 cm³/mol. The number of benzene rings is 2. The maximum Gasteiger partial charge on any atom is 0.183 e. The fourth-order valence-corrected chi connectivity index (χ4v) is 2.08. The summed E-state index contributed by atoms with van der Waals surface area (Å²) in [6.07, 6.45) is 3.70. The summed E-state index contributed by atoms with van der Waals surface area (Å²) in [5.41, 5.74) is 0.625. The standard InChI is InChI=1S/C16H15N3O2S/c1-20-14-9-5-6-10-15(14)21-13-8-4-3-7-12(13)19-16(22-2)18-11-17/h3-10H,1-2H3,(H,18,19). The summed E-state index contributed by atoms with van der Waals surface area (Å²) in [5.74, 6) is 1.83. The second-order valence-corrected chi connectivity index (χ2v) is 4.87. The van der Waals surface area contributed by atoms with Crippen LogP contribution in [0.5, 0.6) is 17.2 Å². The smallest absolute Gasteiger partial charge is 0.183 e. The summed E-state index contributed by atoms with van der Waals surface area (Å²) in [7, 11) is 1.59. The lowest BCUT2D eigenvalue weighted by Gasteiger charge is -2.12. The first-order chi connectivity index (χ1) is 10.8. The molecule has 2 aromatic rings. The lowest BCUT2D eigenvalue weighted by molar-refractivity contribution is 0.379. The van der Waals surface area contributed by atoms with Crippen molar-refractivity contribution in [2.75, 3.05) is 13.4 Å². The van der Waals surface area contributed by atoms with Gasteiger partial charge in [0.2, 0.25) is 0 Å². The van der Waals surface area contributed by atoms with Crippen molar-refractivity contribution in [2.45, 2.75) is 0 Å². The Morgan fingerprint density at radius 3 is 2.36 bits per heavy atom. The highest BCUT2D eigenvalue weighted by molar-refractivity contribution is 8.13. The van der Waals surface area contributed by atoms with Crippen LogP contribution in [-0.2, 0) is 0 Å². The van der Waals surface area contributed by atoms with Crippen molar-refractivity contribution in [3.8, 4) is 23.4 Å². The van der Waals surface area contributed by atoms with Crippen molar-refractivity contribution in [1.82, 2.24) is 5.32 Å². The molecule has 0 fully saturated rings. The summed E-state index contributed by atoms with van der Waals surface area (Å²) in [6.45, 7) is 0. The Bertz CT molecular complexity index is 711. The molecule has 0 heterocycles. The minimum absolute atomic E-state index is 0.499. The molecule has 0 aliphatic carbocycles. The lowest BCUT2D eigenvalue weighted by atomic mass is 10.3. The number of ether oxygens (including phenoxy) is 2. The fraction of sp³-hybridized carbons (Fsp3) is 0.125. The first-order valence-electron chi connectivity index (χ1n) is 6.46. The van der Waals surface area contributed by atoms with Crippen LogP contribution in [0.2, 0.25) is 0 Å². The molecule has 0 amide bonds. The highest BCUT2D eigenvalue weighted by Gasteiger charge is 2.08. The quantitative estimate of drug-likeness (QED) is 0.401. The SMILES string of the molecule is COc1ccccc1Oc1ccccc1N=C(NC#N)SC. The summed E-state index contributed by atoms with van der Waals surface area (Å²) in [6, 6.07) is 14.7. The first kappa shape index (κ1) is 15.7. The van der Waals surface area contributed by atoms with E-state index in [9.17, 15) is 0 Å². The van der Waals surface area contributed by atoms with E-state index in [0.717, 1.165) is 0 Å². The van der Waals surface area contributed by atoms with Crippen LogP contribution in [0.3, 0.4) is 0 Å². The van der Waals surface area contributed by atoms with Crippen molar-refractivity contribution in [3.05, 3.63) is 48.5 Å². The van der Waals surface area contributed by atoms with E-state index in [1.807, 2.05) is 61.0 Å². The summed E-state index contributed by atoms with van der Waals surface area (Å²) >= 11 is 1.35.